The molecule has 0 aliphatic carbocycles. The topological polar surface area (TPSA) is 75.6 Å². The van der Waals surface area contributed by atoms with Crippen molar-refractivity contribution >= 4 is 10.0 Å². The van der Waals surface area contributed by atoms with E-state index in [0.29, 0.717) is 18.8 Å². The maximum atomic E-state index is 12.2. The molecule has 6 heteroatoms. The second-order valence-corrected chi connectivity index (χ2v) is 7.20. The lowest BCUT2D eigenvalue weighted by Crippen LogP contribution is -2.40. The molecule has 1 aromatic carbocycles. The Labute approximate surface area is 127 Å². The highest BCUT2D eigenvalue weighted by atomic mass is 32.2. The molecule has 0 aliphatic rings. The van der Waals surface area contributed by atoms with Crippen LogP contribution in [0.25, 0.3) is 0 Å². The average Bonchev–Trinajstić information content (AvgIpc) is 2.39. The fourth-order valence-corrected chi connectivity index (χ4v) is 3.31. The van der Waals surface area contributed by atoms with E-state index in [1.54, 1.807) is 26.0 Å². The molecule has 21 heavy (non-hydrogen) atoms. The summed E-state index contributed by atoms with van der Waals surface area (Å²) in [6.45, 7) is 7.78. The molecule has 0 spiro atoms. The number of hydrogen-bond acceptors (Lipinski definition) is 4. The first kappa shape index (κ1) is 17.9. The Hall–Kier alpha value is -1.11. The molecule has 1 rings (SSSR count). The quantitative estimate of drug-likeness (QED) is 0.771. The van der Waals surface area contributed by atoms with Gasteiger partial charge in [-0.2, -0.15) is 0 Å². The standard InChI is InChI=1S/C15H25NO4S/c1-5-9-15(4,17)11-16-21(18,19)13-7-8-14(20-6-2)12(3)10-13/h7-8,10,16-17H,5-6,9,11H2,1-4H3. The number of rotatable bonds is 8. The van der Waals surface area contributed by atoms with Crippen molar-refractivity contribution in [3.8, 4) is 5.75 Å². The van der Waals surface area contributed by atoms with E-state index < -0.39 is 15.6 Å². The zero-order valence-electron chi connectivity index (χ0n) is 13.1. The Morgan fingerprint density at radius 1 is 1.33 bits per heavy atom. The molecule has 0 fully saturated rings. The van der Waals surface area contributed by atoms with Gasteiger partial charge in [0.25, 0.3) is 0 Å². The summed E-state index contributed by atoms with van der Waals surface area (Å²) in [6, 6.07) is 4.73. The number of aliphatic hydroxyl groups is 1. The Morgan fingerprint density at radius 3 is 2.52 bits per heavy atom. The molecule has 0 radical (unpaired) electrons. The van der Waals surface area contributed by atoms with Crippen molar-refractivity contribution in [2.45, 2.75) is 51.0 Å². The molecule has 0 saturated heterocycles. The number of aryl methyl sites for hydroxylation is 1. The highest BCUT2D eigenvalue weighted by Gasteiger charge is 2.23. The van der Waals surface area contributed by atoms with Crippen LogP contribution in [-0.2, 0) is 10.0 Å². The molecule has 0 heterocycles. The normalized spacial score (nSPS) is 14.7. The highest BCUT2D eigenvalue weighted by Crippen LogP contribution is 2.22. The molecule has 0 aromatic heterocycles. The average molecular weight is 315 g/mol. The highest BCUT2D eigenvalue weighted by molar-refractivity contribution is 7.89. The summed E-state index contributed by atoms with van der Waals surface area (Å²) in [4.78, 5) is 0.177. The second-order valence-electron chi connectivity index (χ2n) is 5.43. The van der Waals surface area contributed by atoms with Crippen molar-refractivity contribution in [3.05, 3.63) is 23.8 Å². The van der Waals surface area contributed by atoms with Gasteiger partial charge in [-0.05, 0) is 51.0 Å². The van der Waals surface area contributed by atoms with Gasteiger partial charge in [0.05, 0.1) is 17.1 Å². The summed E-state index contributed by atoms with van der Waals surface area (Å²) in [5.74, 6) is 0.675. The first-order valence-corrected chi connectivity index (χ1v) is 8.65. The van der Waals surface area contributed by atoms with E-state index in [0.717, 1.165) is 12.0 Å². The van der Waals surface area contributed by atoms with Gasteiger partial charge in [-0.15, -0.1) is 0 Å². The molecular weight excluding hydrogens is 290 g/mol. The van der Waals surface area contributed by atoms with Gasteiger partial charge in [0, 0.05) is 6.54 Å². The third kappa shape index (κ3) is 5.30. The Balaban J connectivity index is 2.86. The van der Waals surface area contributed by atoms with Gasteiger partial charge in [-0.1, -0.05) is 13.3 Å². The first-order valence-electron chi connectivity index (χ1n) is 7.17. The van der Waals surface area contributed by atoms with Crippen LogP contribution in [0.15, 0.2) is 23.1 Å². The van der Waals surface area contributed by atoms with Crippen LogP contribution in [0.2, 0.25) is 0 Å². The Morgan fingerprint density at radius 2 is 2.00 bits per heavy atom. The van der Waals surface area contributed by atoms with Crippen molar-refractivity contribution in [2.24, 2.45) is 0 Å². The molecule has 1 unspecified atom stereocenters. The van der Waals surface area contributed by atoms with E-state index in [1.165, 1.54) is 6.07 Å². The molecule has 0 saturated carbocycles. The summed E-state index contributed by atoms with van der Waals surface area (Å²) in [5.41, 5.74) is -0.276. The lowest BCUT2D eigenvalue weighted by Gasteiger charge is -2.23. The van der Waals surface area contributed by atoms with Crippen LogP contribution in [0, 0.1) is 6.92 Å². The zero-order chi connectivity index (χ0) is 16.1. The van der Waals surface area contributed by atoms with E-state index in [-0.39, 0.29) is 11.4 Å². The van der Waals surface area contributed by atoms with Crippen molar-refractivity contribution in [1.82, 2.24) is 4.72 Å². The van der Waals surface area contributed by atoms with Gasteiger partial charge in [0.15, 0.2) is 0 Å². The van der Waals surface area contributed by atoms with Crippen LogP contribution in [0.5, 0.6) is 5.75 Å². The summed E-state index contributed by atoms with van der Waals surface area (Å²) in [6.07, 6.45) is 1.33. The lowest BCUT2D eigenvalue weighted by molar-refractivity contribution is 0.0554. The third-order valence-electron chi connectivity index (χ3n) is 3.19. The zero-order valence-corrected chi connectivity index (χ0v) is 14.0. The van der Waals surface area contributed by atoms with Crippen LogP contribution in [0.1, 0.15) is 39.2 Å². The fourth-order valence-electron chi connectivity index (χ4n) is 2.07. The molecule has 1 aromatic rings. The SMILES string of the molecule is CCCC(C)(O)CNS(=O)(=O)c1ccc(OCC)c(C)c1. The molecule has 120 valence electrons. The van der Waals surface area contributed by atoms with Gasteiger partial charge in [-0.3, -0.25) is 0 Å². The van der Waals surface area contributed by atoms with Crippen LogP contribution in [0.3, 0.4) is 0 Å². The van der Waals surface area contributed by atoms with E-state index in [2.05, 4.69) is 4.72 Å². The fraction of sp³-hybridized carbons (Fsp3) is 0.600. The number of sulfonamides is 1. The maximum absolute atomic E-state index is 12.2. The molecule has 0 bridgehead atoms. The number of nitrogens with one attached hydrogen (secondary N) is 1. The second kappa shape index (κ2) is 7.24. The summed E-state index contributed by atoms with van der Waals surface area (Å²) >= 11 is 0. The predicted molar refractivity (Wildman–Crippen MR) is 83.1 cm³/mol. The smallest absolute Gasteiger partial charge is 0.240 e. The Bertz CT molecular complexity index is 567. The molecule has 0 amide bonds. The van der Waals surface area contributed by atoms with E-state index in [1.807, 2.05) is 13.8 Å². The molecular formula is C15H25NO4S. The van der Waals surface area contributed by atoms with Crippen molar-refractivity contribution in [3.63, 3.8) is 0 Å². The van der Waals surface area contributed by atoms with E-state index in [9.17, 15) is 13.5 Å². The van der Waals surface area contributed by atoms with Gasteiger partial charge in [-0.25, -0.2) is 13.1 Å². The van der Waals surface area contributed by atoms with Crippen molar-refractivity contribution < 1.29 is 18.3 Å². The molecule has 1 atom stereocenters. The third-order valence-corrected chi connectivity index (χ3v) is 4.59. The lowest BCUT2D eigenvalue weighted by atomic mass is 10.0. The monoisotopic (exact) mass is 315 g/mol. The maximum Gasteiger partial charge on any atom is 0.240 e. The largest absolute Gasteiger partial charge is 0.494 e. The minimum atomic E-state index is -3.63. The molecule has 0 aliphatic heterocycles. The number of ether oxygens (including phenoxy) is 1. The molecule has 5 nitrogen and oxygen atoms in total. The van der Waals surface area contributed by atoms with Gasteiger partial charge < -0.3 is 9.84 Å². The van der Waals surface area contributed by atoms with Crippen molar-refractivity contribution in [2.75, 3.05) is 13.2 Å². The summed E-state index contributed by atoms with van der Waals surface area (Å²) in [5, 5.41) is 10.0. The van der Waals surface area contributed by atoms with Crippen LogP contribution in [0.4, 0.5) is 0 Å². The van der Waals surface area contributed by atoms with Crippen molar-refractivity contribution in [1.29, 1.82) is 0 Å². The van der Waals surface area contributed by atoms with Gasteiger partial charge >= 0.3 is 0 Å². The first-order chi connectivity index (χ1) is 9.72. The summed E-state index contributed by atoms with van der Waals surface area (Å²) in [7, 11) is -3.63. The number of hydrogen-bond donors (Lipinski definition) is 2. The van der Waals surface area contributed by atoms with Crippen LogP contribution in [-0.4, -0.2) is 32.3 Å². The number of benzene rings is 1. The van der Waals surface area contributed by atoms with Gasteiger partial charge in [0.1, 0.15) is 5.75 Å². The predicted octanol–water partition coefficient (Wildman–Crippen LogP) is 2.22. The molecule has 2 N–H and O–H groups in total. The Kier molecular flexibility index (Phi) is 6.19. The minimum absolute atomic E-state index is 0.00453. The summed E-state index contributed by atoms with van der Waals surface area (Å²) < 4.78 is 32.3. The van der Waals surface area contributed by atoms with Crippen LogP contribution < -0.4 is 9.46 Å². The van der Waals surface area contributed by atoms with Crippen LogP contribution >= 0.6 is 0 Å². The van der Waals surface area contributed by atoms with Gasteiger partial charge in [0.2, 0.25) is 10.0 Å². The van der Waals surface area contributed by atoms with E-state index >= 15 is 0 Å². The minimum Gasteiger partial charge on any atom is -0.494 e. The van der Waals surface area contributed by atoms with E-state index in [4.69, 9.17) is 4.74 Å².